The van der Waals surface area contributed by atoms with Gasteiger partial charge in [-0.2, -0.15) is 18.3 Å². The SMILES string of the molecule is COc1ccc(/C(C)=N\NC(=O)CNc2cccc(C(F)(F)F)c2)c(OC)c1. The third-order valence-electron chi connectivity index (χ3n) is 3.79. The molecule has 2 rings (SSSR count). The van der Waals surface area contributed by atoms with Crippen molar-refractivity contribution in [2.45, 2.75) is 13.1 Å². The molecule has 0 spiro atoms. The number of halogens is 3. The Morgan fingerprint density at radius 2 is 1.86 bits per heavy atom. The molecule has 0 atom stereocenters. The van der Waals surface area contributed by atoms with Gasteiger partial charge in [-0.05, 0) is 37.3 Å². The molecule has 0 saturated carbocycles. The van der Waals surface area contributed by atoms with Crippen molar-refractivity contribution in [1.29, 1.82) is 0 Å². The molecule has 0 unspecified atom stereocenters. The number of ether oxygens (including phenoxy) is 2. The number of nitrogens with one attached hydrogen (secondary N) is 2. The van der Waals surface area contributed by atoms with E-state index in [9.17, 15) is 18.0 Å². The number of benzene rings is 2. The zero-order valence-electron chi connectivity index (χ0n) is 15.6. The van der Waals surface area contributed by atoms with E-state index in [1.54, 1.807) is 25.1 Å². The fourth-order valence-corrected chi connectivity index (χ4v) is 2.33. The highest BCUT2D eigenvalue weighted by molar-refractivity contribution is 6.01. The second kappa shape index (κ2) is 9.12. The Bertz CT molecular complexity index is 867. The van der Waals surface area contributed by atoms with Crippen LogP contribution in [0.3, 0.4) is 0 Å². The van der Waals surface area contributed by atoms with Gasteiger partial charge in [0, 0.05) is 17.3 Å². The Balaban J connectivity index is 1.98. The van der Waals surface area contributed by atoms with Crippen LogP contribution in [0.25, 0.3) is 0 Å². The molecule has 0 heterocycles. The van der Waals surface area contributed by atoms with Gasteiger partial charge in [-0.1, -0.05) is 6.07 Å². The summed E-state index contributed by atoms with van der Waals surface area (Å²) < 4.78 is 48.5. The Labute approximate surface area is 160 Å². The molecule has 1 amide bonds. The third-order valence-corrected chi connectivity index (χ3v) is 3.79. The van der Waals surface area contributed by atoms with Crippen LogP contribution in [-0.4, -0.2) is 32.4 Å². The number of nitrogens with zero attached hydrogens (tertiary/aromatic N) is 1. The van der Waals surface area contributed by atoms with Gasteiger partial charge >= 0.3 is 6.18 Å². The van der Waals surface area contributed by atoms with Gasteiger partial charge in [0.25, 0.3) is 5.91 Å². The number of alkyl halides is 3. The van der Waals surface area contributed by atoms with Gasteiger partial charge in [-0.25, -0.2) is 5.43 Å². The molecule has 6 nitrogen and oxygen atoms in total. The third kappa shape index (κ3) is 5.63. The van der Waals surface area contributed by atoms with Crippen LogP contribution in [0.5, 0.6) is 11.5 Å². The van der Waals surface area contributed by atoms with E-state index in [0.29, 0.717) is 22.8 Å². The molecule has 0 bridgehead atoms. The number of carbonyl (C=O) groups is 1. The lowest BCUT2D eigenvalue weighted by molar-refractivity contribution is -0.137. The molecule has 2 aromatic carbocycles. The lowest BCUT2D eigenvalue weighted by Gasteiger charge is -2.11. The first-order valence-electron chi connectivity index (χ1n) is 8.21. The van der Waals surface area contributed by atoms with Crippen LogP contribution in [0.4, 0.5) is 18.9 Å². The average molecular weight is 395 g/mol. The minimum absolute atomic E-state index is 0.183. The molecule has 0 fully saturated rings. The fourth-order valence-electron chi connectivity index (χ4n) is 2.33. The summed E-state index contributed by atoms with van der Waals surface area (Å²) in [6, 6.07) is 9.76. The second-order valence-corrected chi connectivity index (χ2v) is 5.73. The van der Waals surface area contributed by atoms with Crippen molar-refractivity contribution >= 4 is 17.3 Å². The van der Waals surface area contributed by atoms with E-state index in [-0.39, 0.29) is 12.2 Å². The van der Waals surface area contributed by atoms with Gasteiger partial charge in [-0.15, -0.1) is 0 Å². The number of carbonyl (C=O) groups excluding carboxylic acids is 1. The summed E-state index contributed by atoms with van der Waals surface area (Å²) in [4.78, 5) is 11.9. The minimum Gasteiger partial charge on any atom is -0.497 e. The fraction of sp³-hybridized carbons (Fsp3) is 0.263. The summed E-state index contributed by atoms with van der Waals surface area (Å²) >= 11 is 0. The van der Waals surface area contributed by atoms with E-state index < -0.39 is 17.6 Å². The quantitative estimate of drug-likeness (QED) is 0.554. The minimum atomic E-state index is -4.45. The number of methoxy groups -OCH3 is 2. The van der Waals surface area contributed by atoms with Gasteiger partial charge in [0.1, 0.15) is 11.5 Å². The van der Waals surface area contributed by atoms with Crippen LogP contribution in [0.15, 0.2) is 47.6 Å². The van der Waals surface area contributed by atoms with E-state index in [2.05, 4.69) is 15.8 Å². The lowest BCUT2D eigenvalue weighted by atomic mass is 10.1. The summed E-state index contributed by atoms with van der Waals surface area (Å²) in [7, 11) is 3.04. The number of hydrogen-bond donors (Lipinski definition) is 2. The normalized spacial score (nSPS) is 11.7. The number of rotatable bonds is 7. The molecular formula is C19H20F3N3O3. The molecule has 0 saturated heterocycles. The lowest BCUT2D eigenvalue weighted by Crippen LogP contribution is -2.27. The Morgan fingerprint density at radius 3 is 2.50 bits per heavy atom. The first-order chi connectivity index (χ1) is 13.2. The maximum atomic E-state index is 12.7. The highest BCUT2D eigenvalue weighted by atomic mass is 19.4. The zero-order valence-corrected chi connectivity index (χ0v) is 15.6. The topological polar surface area (TPSA) is 72.0 Å². The summed E-state index contributed by atoms with van der Waals surface area (Å²) in [6.45, 7) is 1.45. The van der Waals surface area contributed by atoms with Crippen molar-refractivity contribution in [2.75, 3.05) is 26.1 Å². The van der Waals surface area contributed by atoms with E-state index in [4.69, 9.17) is 9.47 Å². The van der Waals surface area contributed by atoms with Gasteiger partial charge in [-0.3, -0.25) is 4.79 Å². The molecule has 0 radical (unpaired) electrons. The maximum absolute atomic E-state index is 12.7. The summed E-state index contributed by atoms with van der Waals surface area (Å²) in [5, 5.41) is 6.64. The van der Waals surface area contributed by atoms with E-state index in [1.807, 2.05) is 0 Å². The number of anilines is 1. The van der Waals surface area contributed by atoms with Crippen LogP contribution in [0.2, 0.25) is 0 Å². The predicted octanol–water partition coefficient (Wildman–Crippen LogP) is 3.67. The smallest absolute Gasteiger partial charge is 0.416 e. The van der Waals surface area contributed by atoms with E-state index in [0.717, 1.165) is 12.1 Å². The number of hydrazone groups is 1. The van der Waals surface area contributed by atoms with Crippen LogP contribution in [-0.2, 0) is 11.0 Å². The summed E-state index contributed by atoms with van der Waals surface area (Å²) in [5.74, 6) is 0.629. The van der Waals surface area contributed by atoms with E-state index in [1.165, 1.54) is 26.4 Å². The van der Waals surface area contributed by atoms with Crippen molar-refractivity contribution < 1.29 is 27.4 Å². The van der Waals surface area contributed by atoms with Crippen LogP contribution >= 0.6 is 0 Å². The molecule has 2 aromatic rings. The van der Waals surface area contributed by atoms with Gasteiger partial charge in [0.05, 0.1) is 32.0 Å². The van der Waals surface area contributed by atoms with Gasteiger partial charge < -0.3 is 14.8 Å². The molecule has 2 N–H and O–H groups in total. The molecule has 28 heavy (non-hydrogen) atoms. The van der Waals surface area contributed by atoms with Crippen molar-refractivity contribution in [3.8, 4) is 11.5 Å². The Morgan fingerprint density at radius 1 is 1.11 bits per heavy atom. The highest BCUT2D eigenvalue weighted by Gasteiger charge is 2.30. The van der Waals surface area contributed by atoms with Crippen molar-refractivity contribution in [3.05, 3.63) is 53.6 Å². The van der Waals surface area contributed by atoms with Crippen molar-refractivity contribution in [3.63, 3.8) is 0 Å². The Hall–Kier alpha value is -3.23. The maximum Gasteiger partial charge on any atom is 0.416 e. The molecule has 150 valence electrons. The van der Waals surface area contributed by atoms with E-state index >= 15 is 0 Å². The molecule has 9 heteroatoms. The zero-order chi connectivity index (χ0) is 20.7. The molecule has 0 aliphatic heterocycles. The average Bonchev–Trinajstić information content (AvgIpc) is 2.69. The van der Waals surface area contributed by atoms with Crippen molar-refractivity contribution in [2.24, 2.45) is 5.10 Å². The molecule has 0 aliphatic rings. The Kier molecular flexibility index (Phi) is 6.86. The largest absolute Gasteiger partial charge is 0.497 e. The summed E-state index contributed by atoms with van der Waals surface area (Å²) in [5.41, 5.74) is 2.90. The highest BCUT2D eigenvalue weighted by Crippen LogP contribution is 2.30. The number of hydrogen-bond acceptors (Lipinski definition) is 5. The molecular weight excluding hydrogens is 375 g/mol. The second-order valence-electron chi connectivity index (χ2n) is 5.73. The van der Waals surface area contributed by atoms with Crippen LogP contribution in [0, 0.1) is 0 Å². The first kappa shape index (κ1) is 21.1. The monoisotopic (exact) mass is 395 g/mol. The van der Waals surface area contributed by atoms with Crippen molar-refractivity contribution in [1.82, 2.24) is 5.43 Å². The van der Waals surface area contributed by atoms with Gasteiger partial charge in [0.2, 0.25) is 0 Å². The van der Waals surface area contributed by atoms with Crippen LogP contribution in [0.1, 0.15) is 18.1 Å². The van der Waals surface area contributed by atoms with Gasteiger partial charge in [0.15, 0.2) is 0 Å². The number of amides is 1. The standard InChI is InChI=1S/C19H20F3N3O3/c1-12(16-8-7-15(27-2)10-17(16)28-3)24-25-18(26)11-23-14-6-4-5-13(9-14)19(20,21)22/h4-10,23H,11H2,1-3H3,(H,25,26)/b24-12-. The predicted molar refractivity (Wildman–Crippen MR) is 99.8 cm³/mol. The molecule has 0 aliphatic carbocycles. The van der Waals surface area contributed by atoms with Crippen LogP contribution < -0.4 is 20.2 Å². The molecule has 0 aromatic heterocycles. The summed E-state index contributed by atoms with van der Waals surface area (Å²) in [6.07, 6.45) is -4.45. The first-order valence-corrected chi connectivity index (χ1v) is 8.21.